The number of hydrogen-bond donors (Lipinski definition) is 1. The van der Waals surface area contributed by atoms with Gasteiger partial charge in [0.15, 0.2) is 5.17 Å². The molecule has 1 N–H and O–H groups in total. The fourth-order valence-corrected chi connectivity index (χ4v) is 4.44. The van der Waals surface area contributed by atoms with E-state index in [9.17, 15) is 0 Å². The Morgan fingerprint density at radius 3 is 2.72 bits per heavy atom. The molecular weight excluding hydrogens is 240 g/mol. The molecule has 3 heteroatoms. The van der Waals surface area contributed by atoms with Crippen LogP contribution in [0.25, 0.3) is 0 Å². The van der Waals surface area contributed by atoms with Crippen LogP contribution in [-0.4, -0.2) is 24.0 Å². The summed E-state index contributed by atoms with van der Waals surface area (Å²) in [5.74, 6) is 2.37. The van der Waals surface area contributed by atoms with Crippen LogP contribution in [0.4, 0.5) is 0 Å². The topological polar surface area (TPSA) is 24.4 Å². The Morgan fingerprint density at radius 1 is 1.22 bits per heavy atom. The Morgan fingerprint density at radius 2 is 2.06 bits per heavy atom. The molecule has 2 nitrogen and oxygen atoms in total. The Hall–Kier alpha value is -0.180. The van der Waals surface area contributed by atoms with Gasteiger partial charge >= 0.3 is 0 Å². The van der Waals surface area contributed by atoms with Crippen LogP contribution in [0.5, 0.6) is 0 Å². The first-order chi connectivity index (χ1) is 8.86. The van der Waals surface area contributed by atoms with E-state index in [1.807, 2.05) is 11.8 Å². The third-order valence-corrected chi connectivity index (χ3v) is 6.05. The fourth-order valence-electron chi connectivity index (χ4n) is 3.26. The van der Waals surface area contributed by atoms with Crippen molar-refractivity contribution in [3.63, 3.8) is 0 Å². The fraction of sp³-hybridized carbons (Fsp3) is 0.933. The maximum absolute atomic E-state index is 4.81. The average molecular weight is 266 g/mol. The van der Waals surface area contributed by atoms with Crippen molar-refractivity contribution in [3.8, 4) is 0 Å². The van der Waals surface area contributed by atoms with Gasteiger partial charge in [-0.3, -0.25) is 4.99 Å². The third-order valence-electron chi connectivity index (χ3n) is 4.75. The van der Waals surface area contributed by atoms with Crippen LogP contribution in [0.3, 0.4) is 0 Å². The predicted octanol–water partition coefficient (Wildman–Crippen LogP) is 3.82. The van der Waals surface area contributed by atoms with E-state index in [1.165, 1.54) is 68.7 Å². The van der Waals surface area contributed by atoms with Crippen molar-refractivity contribution in [1.29, 1.82) is 0 Å². The van der Waals surface area contributed by atoms with E-state index in [-0.39, 0.29) is 0 Å². The average Bonchev–Trinajstić information content (AvgIpc) is 3.22. The van der Waals surface area contributed by atoms with E-state index >= 15 is 0 Å². The van der Waals surface area contributed by atoms with Gasteiger partial charge in [-0.25, -0.2) is 0 Å². The van der Waals surface area contributed by atoms with Crippen LogP contribution in [0.2, 0.25) is 0 Å². The number of aliphatic imine (C=N–C) groups is 1. The van der Waals surface area contributed by atoms with E-state index in [2.05, 4.69) is 5.32 Å². The van der Waals surface area contributed by atoms with Crippen LogP contribution in [0.15, 0.2) is 4.99 Å². The van der Waals surface area contributed by atoms with Crippen LogP contribution in [0, 0.1) is 11.3 Å². The zero-order chi connectivity index (χ0) is 12.3. The number of thioether (sulfide) groups is 1. The highest BCUT2D eigenvalue weighted by Gasteiger charge is 2.34. The molecule has 0 atom stereocenters. The molecular formula is C15H26N2S. The molecule has 0 unspecified atom stereocenters. The smallest absolute Gasteiger partial charge is 0.156 e. The summed E-state index contributed by atoms with van der Waals surface area (Å²) in [6, 6.07) is 0. The molecule has 2 saturated carbocycles. The lowest BCUT2D eigenvalue weighted by Gasteiger charge is -2.38. The second kappa shape index (κ2) is 5.85. The SMILES string of the molecule is C1CCC2(CC1)CN=C(NCCCC1CC1)SC2. The molecule has 0 bridgehead atoms. The molecule has 0 amide bonds. The minimum Gasteiger partial charge on any atom is -0.365 e. The zero-order valence-corrected chi connectivity index (χ0v) is 12.2. The van der Waals surface area contributed by atoms with Gasteiger partial charge in [0.05, 0.1) is 0 Å². The maximum Gasteiger partial charge on any atom is 0.156 e. The molecule has 2 fully saturated rings. The van der Waals surface area contributed by atoms with Crippen molar-refractivity contribution in [2.75, 3.05) is 18.8 Å². The molecule has 3 rings (SSSR count). The molecule has 0 saturated heterocycles. The van der Waals surface area contributed by atoms with Gasteiger partial charge in [-0.2, -0.15) is 0 Å². The summed E-state index contributed by atoms with van der Waals surface area (Å²) < 4.78 is 0. The Bertz CT molecular complexity index is 304. The van der Waals surface area contributed by atoms with Crippen molar-refractivity contribution in [2.24, 2.45) is 16.3 Å². The van der Waals surface area contributed by atoms with Gasteiger partial charge in [-0.15, -0.1) is 0 Å². The van der Waals surface area contributed by atoms with Crippen LogP contribution < -0.4 is 5.32 Å². The first-order valence-electron chi connectivity index (χ1n) is 7.78. The number of nitrogens with zero attached hydrogens (tertiary/aromatic N) is 1. The van der Waals surface area contributed by atoms with Gasteiger partial charge in [0.25, 0.3) is 0 Å². The highest BCUT2D eigenvalue weighted by molar-refractivity contribution is 8.13. The van der Waals surface area contributed by atoms with Crippen molar-refractivity contribution >= 4 is 16.9 Å². The second-order valence-electron chi connectivity index (χ2n) is 6.48. The van der Waals surface area contributed by atoms with Gasteiger partial charge < -0.3 is 5.32 Å². The summed E-state index contributed by atoms with van der Waals surface area (Å²) >= 11 is 1.98. The summed E-state index contributed by atoms with van der Waals surface area (Å²) in [6.07, 6.45) is 12.9. The van der Waals surface area contributed by atoms with Crippen molar-refractivity contribution in [2.45, 2.75) is 57.8 Å². The van der Waals surface area contributed by atoms with E-state index in [1.54, 1.807) is 0 Å². The highest BCUT2D eigenvalue weighted by atomic mass is 32.2. The monoisotopic (exact) mass is 266 g/mol. The summed E-state index contributed by atoms with van der Waals surface area (Å²) in [5.41, 5.74) is 0.572. The number of nitrogens with one attached hydrogen (secondary N) is 1. The minimum atomic E-state index is 0.572. The second-order valence-corrected chi connectivity index (χ2v) is 7.45. The molecule has 18 heavy (non-hydrogen) atoms. The lowest BCUT2D eigenvalue weighted by molar-refractivity contribution is 0.232. The maximum atomic E-state index is 4.81. The summed E-state index contributed by atoms with van der Waals surface area (Å²) in [7, 11) is 0. The van der Waals surface area contributed by atoms with Gasteiger partial charge in [-0.1, -0.05) is 43.9 Å². The zero-order valence-electron chi connectivity index (χ0n) is 11.4. The summed E-state index contributed by atoms with van der Waals surface area (Å²) in [4.78, 5) is 4.81. The molecule has 1 spiro atoms. The van der Waals surface area contributed by atoms with Crippen molar-refractivity contribution in [1.82, 2.24) is 5.32 Å². The molecule has 3 aliphatic rings. The van der Waals surface area contributed by atoms with Gasteiger partial charge in [0.2, 0.25) is 0 Å². The number of amidine groups is 1. The Kier molecular flexibility index (Phi) is 4.17. The van der Waals surface area contributed by atoms with Gasteiger partial charge in [-0.05, 0) is 37.0 Å². The van der Waals surface area contributed by atoms with E-state index < -0.39 is 0 Å². The molecule has 0 radical (unpaired) electrons. The normalized spacial score (nSPS) is 27.0. The third kappa shape index (κ3) is 3.43. The van der Waals surface area contributed by atoms with Crippen molar-refractivity contribution < 1.29 is 0 Å². The van der Waals surface area contributed by atoms with E-state index in [4.69, 9.17) is 4.99 Å². The van der Waals surface area contributed by atoms with Crippen LogP contribution >= 0.6 is 11.8 Å². The first-order valence-corrected chi connectivity index (χ1v) is 8.76. The van der Waals surface area contributed by atoms with E-state index in [0.717, 1.165) is 19.0 Å². The number of hydrogen-bond acceptors (Lipinski definition) is 3. The molecule has 1 aliphatic heterocycles. The minimum absolute atomic E-state index is 0.572. The van der Waals surface area contributed by atoms with Crippen LogP contribution in [0.1, 0.15) is 57.8 Å². The summed E-state index contributed by atoms with van der Waals surface area (Å²) in [5, 5.41) is 4.76. The summed E-state index contributed by atoms with van der Waals surface area (Å²) in [6.45, 7) is 2.22. The van der Waals surface area contributed by atoms with E-state index in [0.29, 0.717) is 5.41 Å². The van der Waals surface area contributed by atoms with Crippen molar-refractivity contribution in [3.05, 3.63) is 0 Å². The molecule has 0 aromatic rings. The lowest BCUT2D eigenvalue weighted by atomic mass is 9.75. The quantitative estimate of drug-likeness (QED) is 0.782. The predicted molar refractivity (Wildman–Crippen MR) is 80.2 cm³/mol. The lowest BCUT2D eigenvalue weighted by Crippen LogP contribution is -2.37. The molecule has 0 aromatic carbocycles. The Balaban J connectivity index is 1.38. The van der Waals surface area contributed by atoms with Gasteiger partial charge in [0.1, 0.15) is 0 Å². The van der Waals surface area contributed by atoms with Crippen LogP contribution in [-0.2, 0) is 0 Å². The molecule has 1 heterocycles. The van der Waals surface area contributed by atoms with Gasteiger partial charge in [0, 0.05) is 18.8 Å². The highest BCUT2D eigenvalue weighted by Crippen LogP contribution is 2.41. The first kappa shape index (κ1) is 12.8. The number of rotatable bonds is 4. The molecule has 102 valence electrons. The molecule has 0 aromatic heterocycles. The largest absolute Gasteiger partial charge is 0.365 e. The standard InChI is InChI=1S/C15H26N2S/c1-2-8-15(9-3-1)11-17-14(18-12-15)16-10-4-5-13-6-7-13/h13H,1-12H2,(H,16,17). The Labute approximate surface area is 115 Å². The molecule has 2 aliphatic carbocycles.